The smallest absolute Gasteiger partial charge is 0.216 e. The summed E-state index contributed by atoms with van der Waals surface area (Å²) in [6.45, 7) is 18.1. The Morgan fingerprint density at radius 3 is 2.20 bits per heavy atom. The molecule has 0 atom stereocenters. The normalized spacial score (nSPS) is 14.1. The molecule has 0 spiro atoms. The molecule has 4 aromatic heterocycles. The molecule has 0 aliphatic heterocycles. The van der Waals surface area contributed by atoms with E-state index < -0.39 is 13.3 Å². The van der Waals surface area contributed by atoms with Crippen LogP contribution < -0.4 is 4.40 Å². The minimum Gasteiger partial charge on any atom is -0.486 e. The Kier molecular flexibility index (Phi) is 14.3. The third kappa shape index (κ3) is 10.1. The van der Waals surface area contributed by atoms with E-state index in [2.05, 4.69) is 145 Å². The predicted octanol–water partition coefficient (Wildman–Crippen LogP) is 13.8. The SMILES string of the molecule is CC(C)(C)Cc1cc(-c2[c-]ccc(C3CCCCC3)c2)nc[c]1[Ge]([CH3])([CH3])[CH3].CCC(C)(CC)c1ccnc(-c2[c-]ccc3c2oc2nc(C(C)C)ccc23)c1.[Ir]. The van der Waals surface area contributed by atoms with E-state index in [9.17, 15) is 0 Å². The number of fused-ring (bicyclic) bond motifs is 3. The van der Waals surface area contributed by atoms with Crippen molar-refractivity contribution >= 4 is 39.7 Å². The third-order valence-corrected chi connectivity index (χ3v) is 16.2. The van der Waals surface area contributed by atoms with E-state index in [0.717, 1.165) is 64.2 Å². The molecular weight excluding hydrogens is 923 g/mol. The first-order valence-electron chi connectivity index (χ1n) is 20.8. The first-order chi connectivity index (χ1) is 26.1. The number of hydrogen-bond donors (Lipinski definition) is 0. The molecule has 1 aliphatic carbocycles. The summed E-state index contributed by atoms with van der Waals surface area (Å²) in [7, 11) is 0. The number of pyridine rings is 3. The van der Waals surface area contributed by atoms with Gasteiger partial charge in [0.15, 0.2) is 0 Å². The molecular formula is C50H63GeIrN3O-2. The topological polar surface area (TPSA) is 51.8 Å². The maximum absolute atomic E-state index is 6.22. The van der Waals surface area contributed by atoms with Crippen molar-refractivity contribution in [3.05, 3.63) is 108 Å². The Bertz CT molecular complexity index is 2230. The minimum atomic E-state index is -1.94. The second-order valence-electron chi connectivity index (χ2n) is 18.7. The van der Waals surface area contributed by atoms with E-state index in [1.165, 1.54) is 54.4 Å². The average Bonchev–Trinajstić information content (AvgIpc) is 3.55. The molecule has 6 aromatic rings. The summed E-state index contributed by atoms with van der Waals surface area (Å²) < 4.78 is 7.78. The number of rotatable bonds is 9. The van der Waals surface area contributed by atoms with Gasteiger partial charge < -0.3 is 9.40 Å². The summed E-state index contributed by atoms with van der Waals surface area (Å²) in [6, 6.07) is 28.5. The number of nitrogens with zero attached hydrogens (tertiary/aromatic N) is 3. The number of hydrogen-bond acceptors (Lipinski definition) is 4. The van der Waals surface area contributed by atoms with E-state index in [1.54, 1.807) is 4.40 Å². The first kappa shape index (κ1) is 44.0. The van der Waals surface area contributed by atoms with Crippen LogP contribution in [0.15, 0.2) is 77.5 Å². The summed E-state index contributed by atoms with van der Waals surface area (Å²) in [5.74, 6) is 8.50. The molecule has 0 bridgehead atoms. The zero-order chi connectivity index (χ0) is 39.5. The predicted molar refractivity (Wildman–Crippen MR) is 236 cm³/mol. The van der Waals surface area contributed by atoms with Crippen molar-refractivity contribution in [3.8, 4) is 22.5 Å². The van der Waals surface area contributed by atoms with E-state index in [1.807, 2.05) is 18.3 Å². The number of aromatic nitrogens is 3. The van der Waals surface area contributed by atoms with Crippen molar-refractivity contribution < 1.29 is 24.5 Å². The van der Waals surface area contributed by atoms with Crippen LogP contribution in [0, 0.1) is 17.5 Å². The Morgan fingerprint density at radius 1 is 0.821 bits per heavy atom. The maximum atomic E-state index is 6.22. The van der Waals surface area contributed by atoms with Crippen LogP contribution in [0.3, 0.4) is 0 Å². The number of furan rings is 1. The van der Waals surface area contributed by atoms with Crippen molar-refractivity contribution in [2.75, 3.05) is 0 Å². The van der Waals surface area contributed by atoms with Gasteiger partial charge in [0.25, 0.3) is 0 Å². The largest absolute Gasteiger partial charge is 0.486 e. The molecule has 6 heteroatoms. The van der Waals surface area contributed by atoms with Crippen LogP contribution in [-0.4, -0.2) is 28.2 Å². The molecule has 2 aromatic carbocycles. The number of benzene rings is 2. The zero-order valence-electron chi connectivity index (χ0n) is 35.8. The molecule has 1 radical (unpaired) electrons. The van der Waals surface area contributed by atoms with E-state index in [-0.39, 0.29) is 30.9 Å². The zero-order valence-corrected chi connectivity index (χ0v) is 40.3. The molecule has 4 heterocycles. The van der Waals surface area contributed by atoms with Gasteiger partial charge >= 0.3 is 169 Å². The fourth-order valence-electron chi connectivity index (χ4n) is 8.11. The molecule has 1 fully saturated rings. The van der Waals surface area contributed by atoms with Gasteiger partial charge in [-0.1, -0.05) is 51.6 Å². The van der Waals surface area contributed by atoms with Crippen molar-refractivity contribution in [1.29, 1.82) is 0 Å². The second-order valence-corrected chi connectivity index (χ2v) is 29.3. The van der Waals surface area contributed by atoms with Crippen LogP contribution in [0.25, 0.3) is 44.6 Å². The molecule has 0 N–H and O–H groups in total. The fraction of sp³-hybridized carbons (Fsp3) is 0.460. The molecule has 7 rings (SSSR count). The summed E-state index contributed by atoms with van der Waals surface area (Å²) in [6.07, 6.45) is 14.2. The van der Waals surface area contributed by atoms with Crippen molar-refractivity contribution in [2.24, 2.45) is 5.41 Å². The molecule has 299 valence electrons. The standard InChI is InChI=1S/C25H36GeN.C25H27N2O.Ir/c1-25(2,3)17-22-16-24(27-18-23(22)26(4,5)6)21-14-10-13-20(15-21)19-11-8-7-9-12-19;1-6-25(5,7-2)17-13-14-26-22(15-17)20-10-8-9-18-19-11-12-21(16(3)4)27-24(19)28-23(18)20;/h10,13,15-16,18-19H,7-9,11-12,17H2,1-6H3;8-9,11-16H,6-7H2,1-5H3;/q2*-1;. The summed E-state index contributed by atoms with van der Waals surface area (Å²) in [5, 5.41) is 2.10. The fourth-order valence-corrected chi connectivity index (χ4v) is 11.4. The van der Waals surface area contributed by atoms with Crippen LogP contribution in [0.5, 0.6) is 0 Å². The molecule has 1 saturated carbocycles. The van der Waals surface area contributed by atoms with Crippen LogP contribution >= 0.6 is 0 Å². The summed E-state index contributed by atoms with van der Waals surface area (Å²) in [5.41, 5.74) is 11.3. The van der Waals surface area contributed by atoms with Gasteiger partial charge in [0, 0.05) is 37.4 Å². The Balaban J connectivity index is 0.000000211. The van der Waals surface area contributed by atoms with Gasteiger partial charge in [-0.3, -0.25) is 0 Å². The van der Waals surface area contributed by atoms with Gasteiger partial charge in [0.2, 0.25) is 5.71 Å². The van der Waals surface area contributed by atoms with E-state index in [0.29, 0.717) is 11.6 Å². The molecule has 4 nitrogen and oxygen atoms in total. The van der Waals surface area contributed by atoms with Gasteiger partial charge in [-0.05, 0) is 53.6 Å². The van der Waals surface area contributed by atoms with Crippen molar-refractivity contribution in [2.45, 2.75) is 141 Å². The van der Waals surface area contributed by atoms with Gasteiger partial charge in [-0.2, -0.15) is 0 Å². The first-order valence-corrected chi connectivity index (χ1v) is 28.2. The van der Waals surface area contributed by atoms with Crippen molar-refractivity contribution in [3.63, 3.8) is 0 Å². The Labute approximate surface area is 353 Å². The Hall–Kier alpha value is -3.12. The van der Waals surface area contributed by atoms with Crippen LogP contribution in [0.1, 0.15) is 135 Å². The quantitative estimate of drug-likeness (QED) is 0.107. The molecule has 0 unspecified atom stereocenters. The van der Waals surface area contributed by atoms with Crippen LogP contribution in [0.2, 0.25) is 17.3 Å². The molecule has 0 amide bonds. The summed E-state index contributed by atoms with van der Waals surface area (Å²) >= 11 is -1.94. The van der Waals surface area contributed by atoms with Gasteiger partial charge in [0.1, 0.15) is 0 Å². The van der Waals surface area contributed by atoms with Crippen LogP contribution in [-0.2, 0) is 31.9 Å². The van der Waals surface area contributed by atoms with Gasteiger partial charge in [0.05, 0.1) is 5.58 Å². The van der Waals surface area contributed by atoms with Gasteiger partial charge in [-0.25, -0.2) is 4.98 Å². The van der Waals surface area contributed by atoms with Crippen LogP contribution in [0.4, 0.5) is 0 Å². The second kappa shape index (κ2) is 18.2. The molecule has 1 aliphatic rings. The van der Waals surface area contributed by atoms with Crippen molar-refractivity contribution in [1.82, 2.24) is 15.0 Å². The molecule has 0 saturated heterocycles. The van der Waals surface area contributed by atoms with E-state index >= 15 is 0 Å². The average molecular weight is 987 g/mol. The summed E-state index contributed by atoms with van der Waals surface area (Å²) in [4.78, 5) is 14.3. The minimum absolute atomic E-state index is 0. The van der Waals surface area contributed by atoms with E-state index in [4.69, 9.17) is 14.4 Å². The van der Waals surface area contributed by atoms with Gasteiger partial charge in [-0.15, -0.1) is 18.2 Å². The maximum Gasteiger partial charge on any atom is 0.216 e. The Morgan fingerprint density at radius 2 is 1.54 bits per heavy atom. The molecule has 56 heavy (non-hydrogen) atoms. The monoisotopic (exact) mass is 988 g/mol. The third-order valence-electron chi connectivity index (χ3n) is 11.9.